The van der Waals surface area contributed by atoms with Crippen LogP contribution in [-0.4, -0.2) is 75.2 Å². The van der Waals surface area contributed by atoms with Crippen LogP contribution in [0.25, 0.3) is 0 Å². The van der Waals surface area contributed by atoms with Gasteiger partial charge in [-0.2, -0.15) is 0 Å². The number of ether oxygens (including phenoxy) is 1. The molecule has 1 atom stereocenters. The number of carbonyl (C=O) groups excluding carboxylic acids is 1. The molecule has 0 aliphatic carbocycles. The van der Waals surface area contributed by atoms with Crippen LogP contribution in [0.1, 0.15) is 26.7 Å². The number of carbonyl (C=O) groups is 1. The van der Waals surface area contributed by atoms with Crippen molar-refractivity contribution in [1.82, 2.24) is 15.1 Å². The highest BCUT2D eigenvalue weighted by Crippen LogP contribution is 2.24. The predicted octanol–water partition coefficient (Wildman–Crippen LogP) is 0.803. The van der Waals surface area contributed by atoms with E-state index in [1.54, 1.807) is 7.11 Å². The molecule has 5 heteroatoms. The van der Waals surface area contributed by atoms with Crippen molar-refractivity contribution in [3.8, 4) is 0 Å². The molecule has 0 bridgehead atoms. The van der Waals surface area contributed by atoms with E-state index >= 15 is 0 Å². The molecule has 0 spiro atoms. The number of nitrogens with one attached hydrogen (secondary N) is 1. The molecule has 1 unspecified atom stereocenters. The van der Waals surface area contributed by atoms with E-state index in [-0.39, 0.29) is 11.3 Å². The summed E-state index contributed by atoms with van der Waals surface area (Å²) in [5.41, 5.74) is 0.148. The van der Waals surface area contributed by atoms with Gasteiger partial charge in [-0.25, -0.2) is 0 Å². The topological polar surface area (TPSA) is 44.8 Å². The van der Waals surface area contributed by atoms with Crippen LogP contribution in [0.4, 0.5) is 0 Å². The molecule has 122 valence electrons. The maximum Gasteiger partial charge on any atom is 0.227 e. The van der Waals surface area contributed by atoms with E-state index in [2.05, 4.69) is 24.1 Å². The lowest BCUT2D eigenvalue weighted by Gasteiger charge is -2.39. The Kier molecular flexibility index (Phi) is 6.02. The fourth-order valence-electron chi connectivity index (χ4n) is 3.59. The average molecular weight is 297 g/mol. The van der Waals surface area contributed by atoms with Gasteiger partial charge >= 0.3 is 0 Å². The van der Waals surface area contributed by atoms with Crippen molar-refractivity contribution in [3.63, 3.8) is 0 Å². The molecular weight excluding hydrogens is 266 g/mol. The third kappa shape index (κ3) is 4.94. The number of methoxy groups -OCH3 is 1. The third-order valence-corrected chi connectivity index (χ3v) is 4.47. The van der Waals surface area contributed by atoms with Crippen LogP contribution in [0.5, 0.6) is 0 Å². The van der Waals surface area contributed by atoms with Crippen LogP contribution < -0.4 is 5.32 Å². The Morgan fingerprint density at radius 3 is 2.67 bits per heavy atom. The fraction of sp³-hybridized carbons (Fsp3) is 0.938. The van der Waals surface area contributed by atoms with Crippen LogP contribution >= 0.6 is 0 Å². The van der Waals surface area contributed by atoms with Gasteiger partial charge in [-0.05, 0) is 19.4 Å². The van der Waals surface area contributed by atoms with Gasteiger partial charge in [-0.15, -0.1) is 0 Å². The minimum absolute atomic E-state index is 0.148. The Morgan fingerprint density at radius 2 is 2.00 bits per heavy atom. The number of amides is 1. The molecular formula is C16H31N3O2. The largest absolute Gasteiger partial charge is 0.384 e. The average Bonchev–Trinajstić information content (AvgIpc) is 2.47. The molecule has 5 nitrogen and oxygen atoms in total. The molecule has 2 saturated heterocycles. The summed E-state index contributed by atoms with van der Waals surface area (Å²) >= 11 is 0. The Balaban J connectivity index is 1.86. The second kappa shape index (κ2) is 7.56. The Hall–Kier alpha value is -0.650. The normalized spacial score (nSPS) is 25.1. The highest BCUT2D eigenvalue weighted by Gasteiger charge is 2.32. The Bertz CT molecular complexity index is 340. The Labute approximate surface area is 129 Å². The van der Waals surface area contributed by atoms with E-state index in [1.807, 2.05) is 4.90 Å². The summed E-state index contributed by atoms with van der Waals surface area (Å²) in [6.45, 7) is 11.9. The minimum atomic E-state index is 0.148. The number of hydrogen-bond donors (Lipinski definition) is 1. The van der Waals surface area contributed by atoms with Crippen molar-refractivity contribution in [2.24, 2.45) is 11.3 Å². The van der Waals surface area contributed by atoms with Gasteiger partial charge < -0.3 is 19.9 Å². The molecule has 0 radical (unpaired) electrons. The molecule has 1 N–H and O–H groups in total. The first-order valence-electron chi connectivity index (χ1n) is 8.23. The summed E-state index contributed by atoms with van der Waals surface area (Å²) in [5.74, 6) is 0.556. The SMILES string of the molecule is COCC(C)(C)CN1CCCC(C(=O)N2CCNCC2)C1. The number of nitrogens with zero attached hydrogens (tertiary/aromatic N) is 2. The van der Waals surface area contributed by atoms with E-state index in [0.29, 0.717) is 5.91 Å². The smallest absolute Gasteiger partial charge is 0.227 e. The monoisotopic (exact) mass is 297 g/mol. The summed E-state index contributed by atoms with van der Waals surface area (Å²) in [6, 6.07) is 0. The lowest BCUT2D eigenvalue weighted by Crippen LogP contribution is -2.52. The molecule has 0 aromatic carbocycles. The summed E-state index contributed by atoms with van der Waals surface area (Å²) in [5, 5.41) is 3.31. The lowest BCUT2D eigenvalue weighted by atomic mass is 9.90. The van der Waals surface area contributed by atoms with E-state index in [9.17, 15) is 4.79 Å². The number of hydrogen-bond acceptors (Lipinski definition) is 4. The van der Waals surface area contributed by atoms with Crippen LogP contribution in [0.15, 0.2) is 0 Å². The van der Waals surface area contributed by atoms with E-state index in [4.69, 9.17) is 4.74 Å². The fourth-order valence-corrected chi connectivity index (χ4v) is 3.59. The van der Waals surface area contributed by atoms with Gasteiger partial charge in [0.2, 0.25) is 5.91 Å². The molecule has 0 aromatic rings. The van der Waals surface area contributed by atoms with Crippen molar-refractivity contribution in [2.45, 2.75) is 26.7 Å². The highest BCUT2D eigenvalue weighted by molar-refractivity contribution is 5.79. The first kappa shape index (κ1) is 16.7. The van der Waals surface area contributed by atoms with Crippen LogP contribution in [0.3, 0.4) is 0 Å². The zero-order chi connectivity index (χ0) is 15.3. The van der Waals surface area contributed by atoms with Crippen LogP contribution in [0.2, 0.25) is 0 Å². The molecule has 1 amide bonds. The molecule has 21 heavy (non-hydrogen) atoms. The lowest BCUT2D eigenvalue weighted by molar-refractivity contribution is -0.138. The van der Waals surface area contributed by atoms with Crippen molar-refractivity contribution < 1.29 is 9.53 Å². The minimum Gasteiger partial charge on any atom is -0.384 e. The zero-order valence-corrected chi connectivity index (χ0v) is 13.9. The first-order valence-corrected chi connectivity index (χ1v) is 8.23. The van der Waals surface area contributed by atoms with Gasteiger partial charge in [0, 0.05) is 51.8 Å². The summed E-state index contributed by atoms with van der Waals surface area (Å²) in [7, 11) is 1.76. The van der Waals surface area contributed by atoms with Gasteiger partial charge in [0.15, 0.2) is 0 Å². The Morgan fingerprint density at radius 1 is 1.29 bits per heavy atom. The van der Waals surface area contributed by atoms with Crippen LogP contribution in [0, 0.1) is 11.3 Å². The van der Waals surface area contributed by atoms with Crippen molar-refractivity contribution in [1.29, 1.82) is 0 Å². The molecule has 0 aromatic heterocycles. The van der Waals surface area contributed by atoms with Gasteiger partial charge in [-0.1, -0.05) is 13.8 Å². The number of rotatable bonds is 5. The molecule has 2 fully saturated rings. The maximum absolute atomic E-state index is 12.6. The molecule has 0 saturated carbocycles. The maximum atomic E-state index is 12.6. The predicted molar refractivity (Wildman–Crippen MR) is 84.3 cm³/mol. The molecule has 2 aliphatic rings. The summed E-state index contributed by atoms with van der Waals surface area (Å²) in [4.78, 5) is 17.1. The molecule has 2 rings (SSSR count). The van der Waals surface area contributed by atoms with Gasteiger partial charge in [0.25, 0.3) is 0 Å². The molecule has 2 heterocycles. The highest BCUT2D eigenvalue weighted by atomic mass is 16.5. The second-order valence-corrected chi connectivity index (χ2v) is 7.25. The number of likely N-dealkylation sites (tertiary alicyclic amines) is 1. The summed E-state index contributed by atoms with van der Waals surface area (Å²) in [6.07, 6.45) is 2.18. The number of piperazine rings is 1. The molecule has 2 aliphatic heterocycles. The summed E-state index contributed by atoms with van der Waals surface area (Å²) < 4.78 is 5.31. The first-order chi connectivity index (χ1) is 10.0. The second-order valence-electron chi connectivity index (χ2n) is 7.25. The van der Waals surface area contributed by atoms with Gasteiger partial charge in [0.05, 0.1) is 12.5 Å². The number of piperidine rings is 1. The third-order valence-electron chi connectivity index (χ3n) is 4.47. The van der Waals surface area contributed by atoms with Gasteiger partial charge in [-0.3, -0.25) is 4.79 Å². The van der Waals surface area contributed by atoms with Gasteiger partial charge in [0.1, 0.15) is 0 Å². The van der Waals surface area contributed by atoms with E-state index < -0.39 is 0 Å². The van der Waals surface area contributed by atoms with E-state index in [0.717, 1.165) is 65.3 Å². The zero-order valence-electron chi connectivity index (χ0n) is 13.9. The van der Waals surface area contributed by atoms with E-state index in [1.165, 1.54) is 0 Å². The van der Waals surface area contributed by atoms with Crippen molar-refractivity contribution in [2.75, 3.05) is 59.5 Å². The quantitative estimate of drug-likeness (QED) is 0.815. The van der Waals surface area contributed by atoms with Crippen molar-refractivity contribution in [3.05, 3.63) is 0 Å². The standard InChI is InChI=1S/C16H31N3O2/c1-16(2,13-21-3)12-18-8-4-5-14(11-18)15(20)19-9-6-17-7-10-19/h14,17H,4-13H2,1-3H3. The van der Waals surface area contributed by atoms with Crippen molar-refractivity contribution >= 4 is 5.91 Å². The van der Waals surface area contributed by atoms with Crippen LogP contribution in [-0.2, 0) is 9.53 Å².